The molecular weight excluding hydrogens is 236 g/mol. The number of rotatable bonds is 1. The van der Waals surface area contributed by atoms with E-state index < -0.39 is 0 Å². The fourth-order valence-corrected chi connectivity index (χ4v) is 3.14. The van der Waals surface area contributed by atoms with E-state index in [1.807, 2.05) is 6.33 Å². The van der Waals surface area contributed by atoms with Gasteiger partial charge in [-0.15, -0.1) is 0 Å². The molecule has 1 saturated carbocycles. The Morgan fingerprint density at radius 1 is 1.11 bits per heavy atom. The Morgan fingerprint density at radius 3 is 2.68 bits per heavy atom. The Labute approximate surface area is 114 Å². The maximum absolute atomic E-state index is 10.4. The van der Waals surface area contributed by atoms with Crippen molar-refractivity contribution in [3.63, 3.8) is 0 Å². The minimum atomic E-state index is -0.235. The molecule has 3 rings (SSSR count). The fraction of sp³-hybridized carbons (Fsp3) is 0.562. The summed E-state index contributed by atoms with van der Waals surface area (Å²) >= 11 is 0. The SMILES string of the molecule is Cc1cc2ncn(C3CCCCCC3O)c2cc1C. The van der Waals surface area contributed by atoms with Crippen molar-refractivity contribution in [1.29, 1.82) is 0 Å². The van der Waals surface area contributed by atoms with Crippen LogP contribution in [0.4, 0.5) is 0 Å². The zero-order chi connectivity index (χ0) is 13.4. The molecule has 3 heteroatoms. The van der Waals surface area contributed by atoms with Crippen molar-refractivity contribution in [2.75, 3.05) is 0 Å². The molecule has 2 unspecified atom stereocenters. The summed E-state index contributed by atoms with van der Waals surface area (Å²) < 4.78 is 2.19. The minimum Gasteiger partial charge on any atom is -0.391 e. The second-order valence-corrected chi connectivity index (χ2v) is 5.85. The number of aliphatic hydroxyl groups is 1. The summed E-state index contributed by atoms with van der Waals surface area (Å²) in [6, 6.07) is 4.54. The van der Waals surface area contributed by atoms with E-state index in [9.17, 15) is 5.11 Å². The molecule has 0 amide bonds. The van der Waals surface area contributed by atoms with E-state index in [-0.39, 0.29) is 12.1 Å². The van der Waals surface area contributed by atoms with Crippen LogP contribution in [-0.2, 0) is 0 Å². The van der Waals surface area contributed by atoms with Crippen LogP contribution in [0.15, 0.2) is 18.5 Å². The van der Waals surface area contributed by atoms with Crippen LogP contribution in [0.25, 0.3) is 11.0 Å². The summed E-state index contributed by atoms with van der Waals surface area (Å²) in [5.74, 6) is 0. The van der Waals surface area contributed by atoms with Gasteiger partial charge in [0.1, 0.15) is 0 Å². The van der Waals surface area contributed by atoms with Crippen molar-refractivity contribution >= 4 is 11.0 Å². The van der Waals surface area contributed by atoms with Crippen LogP contribution in [-0.4, -0.2) is 20.8 Å². The normalized spacial score (nSPS) is 24.6. The van der Waals surface area contributed by atoms with Gasteiger partial charge in [-0.25, -0.2) is 4.98 Å². The molecule has 1 fully saturated rings. The van der Waals surface area contributed by atoms with E-state index >= 15 is 0 Å². The quantitative estimate of drug-likeness (QED) is 0.795. The van der Waals surface area contributed by atoms with Gasteiger partial charge >= 0.3 is 0 Å². The van der Waals surface area contributed by atoms with Gasteiger partial charge in [-0.2, -0.15) is 0 Å². The standard InChI is InChI=1S/C16H22N2O/c1-11-8-13-15(9-12(11)2)18(10-17-13)14-6-4-3-5-7-16(14)19/h8-10,14,16,19H,3-7H2,1-2H3. The van der Waals surface area contributed by atoms with Gasteiger partial charge in [0.05, 0.1) is 29.5 Å². The predicted molar refractivity (Wildman–Crippen MR) is 77.3 cm³/mol. The lowest BCUT2D eigenvalue weighted by molar-refractivity contribution is 0.107. The molecule has 0 bridgehead atoms. The number of hydrogen-bond donors (Lipinski definition) is 1. The monoisotopic (exact) mass is 258 g/mol. The molecule has 1 aliphatic rings. The van der Waals surface area contributed by atoms with Crippen molar-refractivity contribution in [2.45, 2.75) is 58.1 Å². The van der Waals surface area contributed by atoms with Gasteiger partial charge in [-0.05, 0) is 49.9 Å². The zero-order valence-corrected chi connectivity index (χ0v) is 11.8. The van der Waals surface area contributed by atoms with Gasteiger partial charge in [0.2, 0.25) is 0 Å². The summed E-state index contributed by atoms with van der Waals surface area (Å²) in [4.78, 5) is 4.51. The van der Waals surface area contributed by atoms with Crippen LogP contribution >= 0.6 is 0 Å². The predicted octanol–water partition coefficient (Wildman–Crippen LogP) is 3.52. The molecule has 1 aromatic heterocycles. The average Bonchev–Trinajstić information content (AvgIpc) is 2.64. The van der Waals surface area contributed by atoms with Crippen LogP contribution in [0, 0.1) is 13.8 Å². The molecule has 19 heavy (non-hydrogen) atoms. The molecule has 2 aromatic rings. The van der Waals surface area contributed by atoms with Crippen molar-refractivity contribution in [3.8, 4) is 0 Å². The van der Waals surface area contributed by atoms with Gasteiger partial charge in [-0.3, -0.25) is 0 Å². The molecule has 1 heterocycles. The summed E-state index contributed by atoms with van der Waals surface area (Å²) in [5.41, 5.74) is 4.77. The minimum absolute atomic E-state index is 0.189. The summed E-state index contributed by atoms with van der Waals surface area (Å²) in [6.07, 6.45) is 7.21. The van der Waals surface area contributed by atoms with Crippen LogP contribution < -0.4 is 0 Å². The van der Waals surface area contributed by atoms with Crippen molar-refractivity contribution in [3.05, 3.63) is 29.6 Å². The number of aliphatic hydroxyl groups excluding tert-OH is 1. The van der Waals surface area contributed by atoms with Crippen LogP contribution in [0.1, 0.15) is 49.3 Å². The molecule has 0 saturated heterocycles. The van der Waals surface area contributed by atoms with Crippen molar-refractivity contribution in [2.24, 2.45) is 0 Å². The first-order valence-corrected chi connectivity index (χ1v) is 7.28. The first-order valence-electron chi connectivity index (χ1n) is 7.28. The highest BCUT2D eigenvalue weighted by molar-refractivity contribution is 5.77. The van der Waals surface area contributed by atoms with E-state index in [0.29, 0.717) is 0 Å². The maximum atomic E-state index is 10.4. The number of benzene rings is 1. The zero-order valence-electron chi connectivity index (χ0n) is 11.8. The van der Waals surface area contributed by atoms with Gasteiger partial charge in [0, 0.05) is 0 Å². The molecule has 0 aliphatic heterocycles. The topological polar surface area (TPSA) is 38.0 Å². The summed E-state index contributed by atoms with van der Waals surface area (Å²) in [6.45, 7) is 4.25. The van der Waals surface area contributed by atoms with Gasteiger partial charge in [0.15, 0.2) is 0 Å². The largest absolute Gasteiger partial charge is 0.391 e. The number of aryl methyl sites for hydroxylation is 2. The molecule has 1 N–H and O–H groups in total. The Hall–Kier alpha value is -1.35. The van der Waals surface area contributed by atoms with Crippen LogP contribution in [0.3, 0.4) is 0 Å². The highest BCUT2D eigenvalue weighted by atomic mass is 16.3. The van der Waals surface area contributed by atoms with E-state index in [0.717, 1.165) is 30.3 Å². The number of nitrogens with zero attached hydrogens (tertiary/aromatic N) is 2. The van der Waals surface area contributed by atoms with Gasteiger partial charge < -0.3 is 9.67 Å². The van der Waals surface area contributed by atoms with E-state index in [1.165, 1.54) is 24.0 Å². The second kappa shape index (κ2) is 4.97. The van der Waals surface area contributed by atoms with E-state index in [1.54, 1.807) is 0 Å². The Bertz CT molecular complexity index is 588. The molecule has 1 aromatic carbocycles. The lowest BCUT2D eigenvalue weighted by atomic mass is 10.0. The Kier molecular flexibility index (Phi) is 3.31. The summed E-state index contributed by atoms with van der Waals surface area (Å²) in [7, 11) is 0. The smallest absolute Gasteiger partial charge is 0.0961 e. The Morgan fingerprint density at radius 2 is 1.84 bits per heavy atom. The van der Waals surface area contributed by atoms with Crippen molar-refractivity contribution in [1.82, 2.24) is 9.55 Å². The van der Waals surface area contributed by atoms with Crippen molar-refractivity contribution < 1.29 is 5.11 Å². The fourth-order valence-electron chi connectivity index (χ4n) is 3.14. The number of imidazole rings is 1. The summed E-state index contributed by atoms with van der Waals surface area (Å²) in [5, 5.41) is 10.4. The maximum Gasteiger partial charge on any atom is 0.0961 e. The third kappa shape index (κ3) is 2.27. The lowest BCUT2D eigenvalue weighted by Gasteiger charge is -2.22. The number of fused-ring (bicyclic) bond motifs is 1. The highest BCUT2D eigenvalue weighted by Crippen LogP contribution is 2.31. The molecule has 0 radical (unpaired) electrons. The lowest BCUT2D eigenvalue weighted by Crippen LogP contribution is -2.22. The number of aromatic nitrogens is 2. The molecular formula is C16H22N2O. The first kappa shape index (κ1) is 12.7. The molecule has 3 nitrogen and oxygen atoms in total. The number of hydrogen-bond acceptors (Lipinski definition) is 2. The third-order valence-corrected chi connectivity index (χ3v) is 4.49. The second-order valence-electron chi connectivity index (χ2n) is 5.85. The molecule has 102 valence electrons. The molecule has 0 spiro atoms. The molecule has 2 atom stereocenters. The highest BCUT2D eigenvalue weighted by Gasteiger charge is 2.24. The Balaban J connectivity index is 2.06. The molecule has 1 aliphatic carbocycles. The van der Waals surface area contributed by atoms with Crippen LogP contribution in [0.2, 0.25) is 0 Å². The van der Waals surface area contributed by atoms with Gasteiger partial charge in [-0.1, -0.05) is 19.3 Å². The third-order valence-electron chi connectivity index (χ3n) is 4.49. The van der Waals surface area contributed by atoms with E-state index in [4.69, 9.17) is 0 Å². The first-order chi connectivity index (χ1) is 9.16. The average molecular weight is 258 g/mol. The van der Waals surface area contributed by atoms with E-state index in [2.05, 4.69) is 35.5 Å². The van der Waals surface area contributed by atoms with Crippen LogP contribution in [0.5, 0.6) is 0 Å². The van der Waals surface area contributed by atoms with Gasteiger partial charge in [0.25, 0.3) is 0 Å².